The minimum Gasteiger partial charge on any atom is -0.453 e. The average Bonchev–Trinajstić information content (AvgIpc) is 2.92. The van der Waals surface area contributed by atoms with Crippen LogP contribution in [-0.2, 0) is 4.74 Å². The van der Waals surface area contributed by atoms with E-state index in [1.54, 1.807) is 0 Å². The molecule has 3 fully saturated rings. The number of likely N-dealkylation sites (tertiary alicyclic amines) is 2. The first-order chi connectivity index (χ1) is 11.1. The van der Waals surface area contributed by atoms with Gasteiger partial charge in [0.1, 0.15) is 0 Å². The monoisotopic (exact) mass is 323 g/mol. The summed E-state index contributed by atoms with van der Waals surface area (Å²) in [5.74, 6) is 0. The van der Waals surface area contributed by atoms with Gasteiger partial charge in [-0.3, -0.25) is 0 Å². The molecule has 0 aromatic carbocycles. The maximum Gasteiger partial charge on any atom is 0.409 e. The van der Waals surface area contributed by atoms with Crippen LogP contribution in [0.4, 0.5) is 4.79 Å². The van der Waals surface area contributed by atoms with Gasteiger partial charge in [0.25, 0.3) is 0 Å². The highest BCUT2D eigenvalue weighted by Crippen LogP contribution is 2.50. The van der Waals surface area contributed by atoms with E-state index in [4.69, 9.17) is 4.74 Å². The van der Waals surface area contributed by atoms with Gasteiger partial charge >= 0.3 is 6.09 Å². The minimum atomic E-state index is -0.154. The second-order valence-corrected chi connectivity index (χ2v) is 7.92. The van der Waals surface area contributed by atoms with Crippen molar-refractivity contribution in [2.45, 2.75) is 57.5 Å². The van der Waals surface area contributed by atoms with E-state index >= 15 is 0 Å². The summed E-state index contributed by atoms with van der Waals surface area (Å²) in [5, 5.41) is 0. The van der Waals surface area contributed by atoms with Crippen molar-refractivity contribution in [3.8, 4) is 0 Å². The van der Waals surface area contributed by atoms with Crippen LogP contribution in [-0.4, -0.2) is 79.8 Å². The van der Waals surface area contributed by atoms with Crippen molar-refractivity contribution in [3.05, 3.63) is 0 Å². The lowest BCUT2D eigenvalue weighted by Gasteiger charge is -2.49. The van der Waals surface area contributed by atoms with Crippen molar-refractivity contribution in [3.63, 3.8) is 0 Å². The maximum absolute atomic E-state index is 11.7. The largest absolute Gasteiger partial charge is 0.453 e. The fourth-order valence-electron chi connectivity index (χ4n) is 4.69. The zero-order valence-electron chi connectivity index (χ0n) is 15.1. The molecule has 23 heavy (non-hydrogen) atoms. The topological polar surface area (TPSA) is 36.0 Å². The van der Waals surface area contributed by atoms with Crippen LogP contribution in [0, 0.1) is 5.41 Å². The van der Waals surface area contributed by atoms with Crippen LogP contribution >= 0.6 is 0 Å². The van der Waals surface area contributed by atoms with Crippen molar-refractivity contribution < 1.29 is 9.53 Å². The van der Waals surface area contributed by atoms with E-state index < -0.39 is 0 Å². The molecular formula is C18H33N3O2. The highest BCUT2D eigenvalue weighted by atomic mass is 16.5. The van der Waals surface area contributed by atoms with E-state index in [-0.39, 0.29) is 6.09 Å². The Bertz CT molecular complexity index is 418. The third kappa shape index (κ3) is 3.50. The van der Waals surface area contributed by atoms with Crippen LogP contribution in [0.5, 0.6) is 0 Å². The van der Waals surface area contributed by atoms with Gasteiger partial charge in [0.15, 0.2) is 0 Å². The highest BCUT2D eigenvalue weighted by molar-refractivity contribution is 5.67. The molecule has 0 N–H and O–H groups in total. The summed E-state index contributed by atoms with van der Waals surface area (Å²) in [6, 6.07) is 1.49. The summed E-state index contributed by atoms with van der Waals surface area (Å²) < 4.78 is 4.86. The molecule has 0 bridgehead atoms. The van der Waals surface area contributed by atoms with E-state index in [0.717, 1.165) is 25.6 Å². The third-order valence-corrected chi connectivity index (χ3v) is 6.53. The average molecular weight is 323 g/mol. The number of ether oxygens (including phenoxy) is 1. The van der Waals surface area contributed by atoms with Crippen LogP contribution in [0.1, 0.15) is 45.4 Å². The van der Waals surface area contributed by atoms with Gasteiger partial charge in [-0.15, -0.1) is 0 Å². The first-order valence-corrected chi connectivity index (χ1v) is 9.34. The lowest BCUT2D eigenvalue weighted by atomic mass is 9.64. The number of carbonyl (C=O) groups is 1. The second-order valence-electron chi connectivity index (χ2n) is 7.92. The number of methoxy groups -OCH3 is 1. The van der Waals surface area contributed by atoms with E-state index in [1.165, 1.54) is 58.8 Å². The van der Waals surface area contributed by atoms with Crippen LogP contribution in [0.25, 0.3) is 0 Å². The molecule has 0 aromatic heterocycles. The van der Waals surface area contributed by atoms with E-state index in [1.807, 2.05) is 4.90 Å². The van der Waals surface area contributed by atoms with Crippen molar-refractivity contribution in [1.82, 2.24) is 14.7 Å². The number of rotatable bonds is 6. The molecule has 1 spiro atoms. The Morgan fingerprint density at radius 3 is 2.65 bits per heavy atom. The zero-order chi connectivity index (χ0) is 16.4. The molecule has 3 aliphatic rings. The maximum atomic E-state index is 11.7. The highest BCUT2D eigenvalue weighted by Gasteiger charge is 2.50. The second kappa shape index (κ2) is 6.98. The summed E-state index contributed by atoms with van der Waals surface area (Å²) >= 11 is 0. The lowest BCUT2D eigenvalue weighted by Crippen LogP contribution is -2.52. The molecule has 5 heteroatoms. The fourth-order valence-corrected chi connectivity index (χ4v) is 4.69. The first kappa shape index (κ1) is 17.0. The van der Waals surface area contributed by atoms with Gasteiger partial charge in [0, 0.05) is 25.2 Å². The predicted octanol–water partition coefficient (Wildman–Crippen LogP) is 2.41. The zero-order valence-corrected chi connectivity index (χ0v) is 15.1. The quantitative estimate of drug-likeness (QED) is 0.752. The smallest absolute Gasteiger partial charge is 0.409 e. The van der Waals surface area contributed by atoms with Gasteiger partial charge in [-0.25, -0.2) is 4.79 Å². The van der Waals surface area contributed by atoms with E-state index in [9.17, 15) is 4.79 Å². The standard InChI is InChI=1S/C18H33N3O2/c1-4-15(20-8-5-9-20)6-10-19(2)16-12-18(13-16)7-11-21(14-18)17(22)23-3/h15-16H,4-14H2,1-3H3. The third-order valence-electron chi connectivity index (χ3n) is 6.53. The summed E-state index contributed by atoms with van der Waals surface area (Å²) in [5.41, 5.74) is 0.384. The Morgan fingerprint density at radius 1 is 1.35 bits per heavy atom. The van der Waals surface area contributed by atoms with Crippen LogP contribution in [0.2, 0.25) is 0 Å². The van der Waals surface area contributed by atoms with Gasteiger partial charge in [-0.2, -0.15) is 0 Å². The molecule has 5 nitrogen and oxygen atoms in total. The van der Waals surface area contributed by atoms with Crippen LogP contribution < -0.4 is 0 Å². The summed E-state index contributed by atoms with van der Waals surface area (Å²) in [6.45, 7) is 7.90. The van der Waals surface area contributed by atoms with E-state index in [2.05, 4.69) is 23.8 Å². The Kier molecular flexibility index (Phi) is 5.16. The van der Waals surface area contributed by atoms with E-state index in [0.29, 0.717) is 11.5 Å². The Morgan fingerprint density at radius 2 is 2.09 bits per heavy atom. The van der Waals surface area contributed by atoms with Crippen molar-refractivity contribution in [1.29, 1.82) is 0 Å². The van der Waals surface area contributed by atoms with Crippen molar-refractivity contribution in [2.75, 3.05) is 46.9 Å². The Hall–Kier alpha value is -0.810. The molecule has 1 saturated carbocycles. The number of carbonyl (C=O) groups excluding carboxylic acids is 1. The molecule has 132 valence electrons. The molecule has 1 aliphatic carbocycles. The van der Waals surface area contributed by atoms with Gasteiger partial charge in [-0.1, -0.05) is 6.92 Å². The lowest BCUT2D eigenvalue weighted by molar-refractivity contribution is 0.0130. The van der Waals surface area contributed by atoms with Gasteiger partial charge in [0.05, 0.1) is 7.11 Å². The SMILES string of the molecule is CCC(CCN(C)C1CC2(CCN(C(=O)OC)C2)C1)N1CCC1. The molecule has 0 radical (unpaired) electrons. The van der Waals surface area contributed by atoms with Crippen molar-refractivity contribution in [2.24, 2.45) is 5.41 Å². The van der Waals surface area contributed by atoms with Crippen LogP contribution in [0.15, 0.2) is 0 Å². The molecule has 2 heterocycles. The Labute approximate surface area is 140 Å². The number of hydrogen-bond acceptors (Lipinski definition) is 4. The van der Waals surface area contributed by atoms with Gasteiger partial charge in [-0.05, 0) is 70.6 Å². The number of nitrogens with zero attached hydrogens (tertiary/aromatic N) is 3. The van der Waals surface area contributed by atoms with Crippen LogP contribution in [0.3, 0.4) is 0 Å². The molecule has 3 rings (SSSR count). The molecule has 1 atom stereocenters. The first-order valence-electron chi connectivity index (χ1n) is 9.34. The predicted molar refractivity (Wildman–Crippen MR) is 91.6 cm³/mol. The molecule has 2 aliphatic heterocycles. The van der Waals surface area contributed by atoms with Crippen molar-refractivity contribution >= 4 is 6.09 Å². The Balaban J connectivity index is 1.39. The molecular weight excluding hydrogens is 290 g/mol. The summed E-state index contributed by atoms with van der Waals surface area (Å²) in [7, 11) is 3.76. The number of amides is 1. The molecule has 0 aromatic rings. The molecule has 1 unspecified atom stereocenters. The minimum absolute atomic E-state index is 0.154. The molecule has 1 amide bonds. The van der Waals surface area contributed by atoms with Gasteiger partial charge in [0.2, 0.25) is 0 Å². The van der Waals surface area contributed by atoms with Gasteiger partial charge < -0.3 is 19.4 Å². The molecule has 2 saturated heterocycles. The number of hydrogen-bond donors (Lipinski definition) is 0. The summed E-state index contributed by atoms with van der Waals surface area (Å²) in [6.07, 6.45) is 7.45. The normalized spacial score (nSPS) is 32.0. The summed E-state index contributed by atoms with van der Waals surface area (Å²) in [4.78, 5) is 18.7. The fraction of sp³-hybridized carbons (Fsp3) is 0.944.